The number of hydrogen-bond donors (Lipinski definition) is 1. The van der Waals surface area contributed by atoms with Crippen molar-refractivity contribution in [2.75, 3.05) is 36.8 Å². The lowest BCUT2D eigenvalue weighted by Crippen LogP contribution is -2.50. The van der Waals surface area contributed by atoms with E-state index in [0.29, 0.717) is 30.2 Å². The number of piperazine rings is 1. The average molecular weight is 487 g/mol. The Kier molecular flexibility index (Phi) is 7.27. The zero-order chi connectivity index (χ0) is 24.4. The molecule has 1 saturated heterocycles. The fraction of sp³-hybridized carbons (Fsp3) is 0.476. The summed E-state index contributed by atoms with van der Waals surface area (Å²) < 4.78 is 64.8. The Morgan fingerprint density at radius 2 is 1.58 bits per heavy atom. The molecule has 1 aromatic carbocycles. The Bertz CT molecular complexity index is 1070. The van der Waals surface area contributed by atoms with Gasteiger partial charge in [0.15, 0.2) is 0 Å². The Balaban J connectivity index is 1.62. The molecule has 1 fully saturated rings. The van der Waals surface area contributed by atoms with Crippen LogP contribution in [0.15, 0.2) is 36.7 Å². The maximum Gasteiger partial charge on any atom is 0.416 e. The molecule has 0 spiro atoms. The zero-order valence-electron chi connectivity index (χ0n) is 18.2. The number of alkyl halides is 3. The number of hydrogen-bond acceptors (Lipinski definition) is 6. The Morgan fingerprint density at radius 1 is 1.03 bits per heavy atom. The highest BCUT2D eigenvalue weighted by Gasteiger charge is 2.34. The molecule has 2 heterocycles. The number of halogens is 3. The summed E-state index contributed by atoms with van der Waals surface area (Å²) in [6, 6.07) is 4.70. The fourth-order valence-corrected chi connectivity index (χ4v) is 5.44. The molecule has 0 radical (unpaired) electrons. The molecule has 1 N–H and O–H groups in total. The molecule has 0 aliphatic carbocycles. The van der Waals surface area contributed by atoms with Gasteiger partial charge in [-0.05, 0) is 23.6 Å². The fourth-order valence-electron chi connectivity index (χ4n) is 3.53. The van der Waals surface area contributed by atoms with Crippen molar-refractivity contribution in [1.82, 2.24) is 14.3 Å². The SMILES string of the molecule is CC(C)C(CS(=O)(=O)N1CCN(c2ncc(-c3ccc(C(F)(F)F)cc3)cn2)CC1)C(=O)O. The van der Waals surface area contributed by atoms with Crippen LogP contribution in [-0.2, 0) is 21.0 Å². The molecule has 0 bridgehead atoms. The van der Waals surface area contributed by atoms with Crippen LogP contribution in [0.5, 0.6) is 0 Å². The topological polar surface area (TPSA) is 104 Å². The molecule has 1 aromatic heterocycles. The third-order valence-corrected chi connectivity index (χ3v) is 7.54. The smallest absolute Gasteiger partial charge is 0.416 e. The van der Waals surface area contributed by atoms with Gasteiger partial charge in [-0.15, -0.1) is 0 Å². The first-order chi connectivity index (χ1) is 15.4. The van der Waals surface area contributed by atoms with Crippen molar-refractivity contribution in [3.63, 3.8) is 0 Å². The summed E-state index contributed by atoms with van der Waals surface area (Å²) in [6.45, 7) is 4.37. The third kappa shape index (κ3) is 5.99. The monoisotopic (exact) mass is 486 g/mol. The van der Waals surface area contributed by atoms with Gasteiger partial charge in [0.2, 0.25) is 16.0 Å². The highest BCUT2D eigenvalue weighted by atomic mass is 32.2. The number of carbonyl (C=O) groups is 1. The van der Waals surface area contributed by atoms with Gasteiger partial charge in [-0.2, -0.15) is 17.5 Å². The number of carboxylic acid groups (broad SMARTS) is 1. The molecule has 1 atom stereocenters. The van der Waals surface area contributed by atoms with E-state index in [1.165, 1.54) is 28.8 Å². The van der Waals surface area contributed by atoms with E-state index in [0.717, 1.165) is 12.1 Å². The maximum atomic E-state index is 12.7. The number of aliphatic carboxylic acids is 1. The van der Waals surface area contributed by atoms with Crippen molar-refractivity contribution in [2.45, 2.75) is 20.0 Å². The minimum absolute atomic E-state index is 0.177. The number of aromatic nitrogens is 2. The number of nitrogens with zero attached hydrogens (tertiary/aromatic N) is 4. The molecule has 8 nitrogen and oxygen atoms in total. The Labute approximate surface area is 190 Å². The van der Waals surface area contributed by atoms with Crippen LogP contribution in [0, 0.1) is 11.8 Å². The van der Waals surface area contributed by atoms with Crippen molar-refractivity contribution in [3.05, 3.63) is 42.2 Å². The molecular weight excluding hydrogens is 461 g/mol. The summed E-state index contributed by atoms with van der Waals surface area (Å²) >= 11 is 0. The number of sulfonamides is 1. The summed E-state index contributed by atoms with van der Waals surface area (Å²) in [4.78, 5) is 21.7. The first-order valence-electron chi connectivity index (χ1n) is 10.3. The lowest BCUT2D eigenvalue weighted by Gasteiger charge is -2.34. The lowest BCUT2D eigenvalue weighted by molar-refractivity contribution is -0.142. The zero-order valence-corrected chi connectivity index (χ0v) is 19.0. The number of rotatable bonds is 7. The second kappa shape index (κ2) is 9.64. The number of anilines is 1. The van der Waals surface area contributed by atoms with E-state index in [2.05, 4.69) is 9.97 Å². The van der Waals surface area contributed by atoms with Gasteiger partial charge >= 0.3 is 12.1 Å². The van der Waals surface area contributed by atoms with Gasteiger partial charge in [-0.1, -0.05) is 26.0 Å². The highest BCUT2D eigenvalue weighted by Crippen LogP contribution is 2.31. The normalized spacial score (nSPS) is 16.7. The van der Waals surface area contributed by atoms with E-state index in [1.54, 1.807) is 18.7 Å². The largest absolute Gasteiger partial charge is 0.481 e. The molecule has 180 valence electrons. The van der Waals surface area contributed by atoms with Gasteiger partial charge < -0.3 is 10.0 Å². The summed E-state index contributed by atoms with van der Waals surface area (Å²) in [6.07, 6.45) is -1.39. The molecule has 33 heavy (non-hydrogen) atoms. The Hall–Kier alpha value is -2.73. The predicted octanol–water partition coefficient (Wildman–Crippen LogP) is 2.97. The van der Waals surface area contributed by atoms with Crippen molar-refractivity contribution in [2.24, 2.45) is 11.8 Å². The van der Waals surface area contributed by atoms with Crippen LogP contribution in [0.3, 0.4) is 0 Å². The van der Waals surface area contributed by atoms with Gasteiger partial charge in [-0.25, -0.2) is 18.4 Å². The van der Waals surface area contributed by atoms with Crippen LogP contribution < -0.4 is 4.90 Å². The van der Waals surface area contributed by atoms with Crippen LogP contribution >= 0.6 is 0 Å². The summed E-state index contributed by atoms with van der Waals surface area (Å²) in [5.74, 6) is -2.48. The first-order valence-corrected chi connectivity index (χ1v) is 11.9. The Morgan fingerprint density at radius 3 is 2.03 bits per heavy atom. The molecule has 1 unspecified atom stereocenters. The number of carboxylic acids is 1. The van der Waals surface area contributed by atoms with Gasteiger partial charge in [0, 0.05) is 44.1 Å². The van der Waals surface area contributed by atoms with Crippen LogP contribution in [0.1, 0.15) is 19.4 Å². The van der Waals surface area contributed by atoms with Gasteiger partial charge in [0.25, 0.3) is 0 Å². The molecule has 2 aromatic rings. The van der Waals surface area contributed by atoms with Gasteiger partial charge in [-0.3, -0.25) is 4.79 Å². The number of benzene rings is 1. The second-order valence-electron chi connectivity index (χ2n) is 8.20. The van der Waals surface area contributed by atoms with Crippen LogP contribution in [0.2, 0.25) is 0 Å². The second-order valence-corrected chi connectivity index (χ2v) is 10.2. The van der Waals surface area contributed by atoms with E-state index in [-0.39, 0.29) is 19.0 Å². The molecule has 0 saturated carbocycles. The summed E-state index contributed by atoms with van der Waals surface area (Å²) in [5.41, 5.74) is 0.366. The van der Waals surface area contributed by atoms with Crippen molar-refractivity contribution >= 4 is 21.9 Å². The molecule has 1 aliphatic rings. The van der Waals surface area contributed by atoms with Gasteiger partial charge in [0.05, 0.1) is 17.2 Å². The lowest BCUT2D eigenvalue weighted by atomic mass is 9.98. The first kappa shape index (κ1) is 24.9. The third-order valence-electron chi connectivity index (χ3n) is 5.61. The van der Waals surface area contributed by atoms with Crippen LogP contribution in [-0.4, -0.2) is 65.7 Å². The summed E-state index contributed by atoms with van der Waals surface area (Å²) in [5, 5.41) is 9.29. The van der Waals surface area contributed by atoms with E-state index in [4.69, 9.17) is 0 Å². The molecule has 1 aliphatic heterocycles. The van der Waals surface area contributed by atoms with E-state index < -0.39 is 39.4 Å². The highest BCUT2D eigenvalue weighted by molar-refractivity contribution is 7.89. The van der Waals surface area contributed by atoms with E-state index in [9.17, 15) is 31.5 Å². The molecule has 0 amide bonds. The maximum absolute atomic E-state index is 12.7. The van der Waals surface area contributed by atoms with Crippen LogP contribution in [0.4, 0.5) is 19.1 Å². The minimum atomic E-state index is -4.40. The van der Waals surface area contributed by atoms with Crippen molar-refractivity contribution < 1.29 is 31.5 Å². The predicted molar refractivity (Wildman–Crippen MR) is 116 cm³/mol. The average Bonchev–Trinajstić information content (AvgIpc) is 2.77. The minimum Gasteiger partial charge on any atom is -0.481 e. The van der Waals surface area contributed by atoms with E-state index >= 15 is 0 Å². The quantitative estimate of drug-likeness (QED) is 0.642. The van der Waals surface area contributed by atoms with Crippen LogP contribution in [0.25, 0.3) is 11.1 Å². The molecular formula is C21H25F3N4O4S. The molecule has 12 heteroatoms. The van der Waals surface area contributed by atoms with Crippen molar-refractivity contribution in [1.29, 1.82) is 0 Å². The molecule has 3 rings (SSSR count). The van der Waals surface area contributed by atoms with E-state index in [1.807, 2.05) is 0 Å². The van der Waals surface area contributed by atoms with Crippen molar-refractivity contribution in [3.8, 4) is 11.1 Å². The van der Waals surface area contributed by atoms with Gasteiger partial charge in [0.1, 0.15) is 0 Å². The standard InChI is InChI=1S/C21H25F3N4O4S/c1-14(2)18(19(29)30)13-33(31,32)28-9-7-27(8-10-28)20-25-11-16(12-26-20)15-3-5-17(6-4-15)21(22,23)24/h3-6,11-12,14,18H,7-10,13H2,1-2H3,(H,29,30). The summed E-state index contributed by atoms with van der Waals surface area (Å²) in [7, 11) is -3.73.